The van der Waals surface area contributed by atoms with Crippen LogP contribution in [0.15, 0.2) is 24.5 Å². The molecule has 0 aliphatic carbocycles. The Hall–Kier alpha value is -1.77. The molecule has 0 spiro atoms. The van der Waals surface area contributed by atoms with Crippen molar-refractivity contribution >= 4 is 10.8 Å². The van der Waals surface area contributed by atoms with Gasteiger partial charge in [0.2, 0.25) is 6.20 Å². The summed E-state index contributed by atoms with van der Waals surface area (Å²) in [5, 5.41) is 21.1. The fourth-order valence-corrected chi connectivity index (χ4v) is 1.75. The molecule has 3 heteroatoms. The third-order valence-corrected chi connectivity index (χ3v) is 2.80. The number of hydrogen-bond donors (Lipinski definition) is 2. The van der Waals surface area contributed by atoms with E-state index in [0.29, 0.717) is 11.4 Å². The molecule has 0 atom stereocenters. The third kappa shape index (κ3) is 1.69. The molecule has 0 saturated heterocycles. The lowest BCUT2D eigenvalue weighted by molar-refractivity contribution is -0.715. The lowest BCUT2D eigenvalue weighted by atomic mass is 10.1. The molecule has 1 aromatic heterocycles. The zero-order chi connectivity index (χ0) is 11.9. The maximum atomic E-state index is 9.88. The van der Waals surface area contributed by atoms with Crippen molar-refractivity contribution < 1.29 is 14.8 Å². The summed E-state index contributed by atoms with van der Waals surface area (Å²) < 4.78 is 1.95. The molecule has 2 aromatic rings. The van der Waals surface area contributed by atoms with Crippen LogP contribution in [0.25, 0.3) is 10.8 Å². The molecule has 0 saturated carbocycles. The van der Waals surface area contributed by atoms with Crippen molar-refractivity contribution in [3.63, 3.8) is 0 Å². The Balaban J connectivity index is 2.77. The molecule has 0 fully saturated rings. The van der Waals surface area contributed by atoms with Gasteiger partial charge in [-0.1, -0.05) is 0 Å². The predicted octanol–water partition coefficient (Wildman–Crippen LogP) is 2.43. The van der Waals surface area contributed by atoms with Crippen LogP contribution in [0, 0.1) is 6.92 Å². The standard InChI is InChI=1S/C13H15NO2/c1-8(2)14-6-10-4-9(3)12(15)5-11(10)13(16)7-14/h4-8,16H,1-3H3/p+1. The molecule has 16 heavy (non-hydrogen) atoms. The van der Waals surface area contributed by atoms with Crippen LogP contribution in [0.5, 0.6) is 11.5 Å². The first kappa shape index (κ1) is 10.7. The van der Waals surface area contributed by atoms with Gasteiger partial charge in [-0.25, -0.2) is 0 Å². The minimum absolute atomic E-state index is 0.196. The fraction of sp³-hybridized carbons (Fsp3) is 0.308. The normalized spacial score (nSPS) is 11.2. The molecule has 0 radical (unpaired) electrons. The van der Waals surface area contributed by atoms with Gasteiger partial charge in [0.25, 0.3) is 0 Å². The molecule has 2 rings (SSSR count). The first-order valence-electron chi connectivity index (χ1n) is 5.36. The largest absolute Gasteiger partial charge is 0.508 e. The number of phenolic OH excluding ortho intramolecular Hbond substituents is 1. The summed E-state index contributed by atoms with van der Waals surface area (Å²) in [6, 6.07) is 3.78. The van der Waals surface area contributed by atoms with Crippen molar-refractivity contribution in [3.8, 4) is 11.5 Å². The fourth-order valence-electron chi connectivity index (χ4n) is 1.75. The molecule has 1 aromatic carbocycles. The Morgan fingerprint density at radius 1 is 1.06 bits per heavy atom. The molecule has 1 heterocycles. The summed E-state index contributed by atoms with van der Waals surface area (Å²) >= 11 is 0. The van der Waals surface area contributed by atoms with Crippen LogP contribution < -0.4 is 4.57 Å². The van der Waals surface area contributed by atoms with E-state index in [4.69, 9.17) is 0 Å². The zero-order valence-corrected chi connectivity index (χ0v) is 9.73. The molecule has 0 aliphatic heterocycles. The average molecular weight is 218 g/mol. The van der Waals surface area contributed by atoms with Gasteiger partial charge in [-0.2, -0.15) is 4.57 Å². The van der Waals surface area contributed by atoms with E-state index in [2.05, 4.69) is 13.8 Å². The van der Waals surface area contributed by atoms with Gasteiger partial charge in [-0.15, -0.1) is 0 Å². The maximum absolute atomic E-state index is 9.88. The lowest BCUT2D eigenvalue weighted by Gasteiger charge is -2.06. The first-order valence-corrected chi connectivity index (χ1v) is 5.36. The molecule has 0 bridgehead atoms. The molecule has 0 unspecified atom stereocenters. The van der Waals surface area contributed by atoms with Crippen LogP contribution in [0.3, 0.4) is 0 Å². The van der Waals surface area contributed by atoms with Crippen LogP contribution in [-0.2, 0) is 0 Å². The third-order valence-electron chi connectivity index (χ3n) is 2.80. The smallest absolute Gasteiger partial charge is 0.211 e. The van der Waals surface area contributed by atoms with Gasteiger partial charge in [-0.05, 0) is 38.5 Å². The van der Waals surface area contributed by atoms with E-state index in [9.17, 15) is 10.2 Å². The van der Waals surface area contributed by atoms with Crippen molar-refractivity contribution in [1.29, 1.82) is 0 Å². The highest BCUT2D eigenvalue weighted by Crippen LogP contribution is 2.29. The van der Waals surface area contributed by atoms with Crippen molar-refractivity contribution in [2.75, 3.05) is 0 Å². The summed E-state index contributed by atoms with van der Waals surface area (Å²) in [6.45, 7) is 5.95. The van der Waals surface area contributed by atoms with E-state index in [0.717, 1.165) is 10.9 Å². The Kier molecular flexibility index (Phi) is 2.46. The molecule has 2 N–H and O–H groups in total. The Bertz CT molecular complexity index is 547. The number of aromatic hydroxyl groups is 2. The second-order valence-corrected chi connectivity index (χ2v) is 4.41. The van der Waals surface area contributed by atoms with E-state index in [1.54, 1.807) is 12.3 Å². The van der Waals surface area contributed by atoms with Crippen LogP contribution in [0.1, 0.15) is 25.5 Å². The van der Waals surface area contributed by atoms with Crippen LogP contribution in [0.4, 0.5) is 0 Å². The number of fused-ring (bicyclic) bond motifs is 1. The van der Waals surface area contributed by atoms with Gasteiger partial charge in [0, 0.05) is 10.8 Å². The highest BCUT2D eigenvalue weighted by atomic mass is 16.3. The number of benzene rings is 1. The number of rotatable bonds is 1. The van der Waals surface area contributed by atoms with Gasteiger partial charge in [-0.3, -0.25) is 0 Å². The predicted molar refractivity (Wildman–Crippen MR) is 62.6 cm³/mol. The summed E-state index contributed by atoms with van der Waals surface area (Å²) in [4.78, 5) is 0. The first-order chi connectivity index (χ1) is 7.49. The Morgan fingerprint density at radius 2 is 1.75 bits per heavy atom. The minimum atomic E-state index is 0.196. The highest BCUT2D eigenvalue weighted by molar-refractivity contribution is 5.88. The van der Waals surface area contributed by atoms with Crippen LogP contribution in [0.2, 0.25) is 0 Å². The zero-order valence-electron chi connectivity index (χ0n) is 9.73. The number of aryl methyl sites for hydroxylation is 1. The number of phenols is 1. The quantitative estimate of drug-likeness (QED) is 0.722. The molecule has 0 aliphatic rings. The maximum Gasteiger partial charge on any atom is 0.211 e. The van der Waals surface area contributed by atoms with E-state index in [1.165, 1.54) is 0 Å². The van der Waals surface area contributed by atoms with Gasteiger partial charge in [0.05, 0.1) is 0 Å². The van der Waals surface area contributed by atoms with Crippen LogP contribution in [-0.4, -0.2) is 10.2 Å². The second kappa shape index (κ2) is 3.67. The highest BCUT2D eigenvalue weighted by Gasteiger charge is 2.13. The molecule has 84 valence electrons. The Morgan fingerprint density at radius 3 is 2.38 bits per heavy atom. The number of pyridine rings is 1. The number of nitrogens with zero attached hydrogens (tertiary/aromatic N) is 1. The second-order valence-electron chi connectivity index (χ2n) is 4.41. The summed E-state index contributed by atoms with van der Waals surface area (Å²) in [5.74, 6) is 0.409. The average Bonchev–Trinajstić information content (AvgIpc) is 2.20. The van der Waals surface area contributed by atoms with Crippen molar-refractivity contribution in [2.24, 2.45) is 0 Å². The molecular weight excluding hydrogens is 202 g/mol. The van der Waals surface area contributed by atoms with Gasteiger partial charge >= 0.3 is 0 Å². The summed E-state index contributed by atoms with van der Waals surface area (Å²) in [5.41, 5.74) is 0.813. The van der Waals surface area contributed by atoms with Crippen LogP contribution >= 0.6 is 0 Å². The lowest BCUT2D eigenvalue weighted by Crippen LogP contribution is -2.35. The van der Waals surface area contributed by atoms with Crippen molar-refractivity contribution in [1.82, 2.24) is 0 Å². The van der Waals surface area contributed by atoms with E-state index < -0.39 is 0 Å². The minimum Gasteiger partial charge on any atom is -0.508 e. The summed E-state index contributed by atoms with van der Waals surface area (Å²) in [6.07, 6.45) is 3.66. The monoisotopic (exact) mass is 218 g/mol. The molecule has 3 nitrogen and oxygen atoms in total. The van der Waals surface area contributed by atoms with E-state index >= 15 is 0 Å². The summed E-state index contributed by atoms with van der Waals surface area (Å²) in [7, 11) is 0. The van der Waals surface area contributed by atoms with Crippen molar-refractivity contribution in [3.05, 3.63) is 30.1 Å². The van der Waals surface area contributed by atoms with E-state index in [1.807, 2.05) is 23.8 Å². The van der Waals surface area contributed by atoms with E-state index in [-0.39, 0.29) is 11.5 Å². The Labute approximate surface area is 94.6 Å². The van der Waals surface area contributed by atoms with Gasteiger partial charge in [0.1, 0.15) is 5.75 Å². The van der Waals surface area contributed by atoms with Gasteiger partial charge < -0.3 is 10.2 Å². The van der Waals surface area contributed by atoms with Crippen molar-refractivity contribution in [2.45, 2.75) is 26.8 Å². The number of aromatic nitrogens is 1. The number of hydrogen-bond acceptors (Lipinski definition) is 2. The molecule has 0 amide bonds. The molecular formula is C13H16NO2+. The SMILES string of the molecule is Cc1cc2c[n+](C(C)C)cc(O)c2cc1O. The topological polar surface area (TPSA) is 44.3 Å². The van der Waals surface area contributed by atoms with Gasteiger partial charge in [0.15, 0.2) is 18.0 Å².